The Labute approximate surface area is 548 Å². The number of aliphatic hydroxyl groups excluding tert-OH is 5. The molecule has 9 heteroatoms. The molecule has 1 fully saturated rings. The van der Waals surface area contributed by atoms with Crippen molar-refractivity contribution in [1.29, 1.82) is 0 Å². The minimum atomic E-state index is -1.58. The lowest BCUT2D eigenvalue weighted by molar-refractivity contribution is -0.302. The monoisotopic (exact) mass is 1240 g/mol. The van der Waals surface area contributed by atoms with Crippen molar-refractivity contribution in [2.45, 2.75) is 378 Å². The number of rotatable bonds is 65. The quantitative estimate of drug-likeness (QED) is 0.0261. The number of nitrogens with one attached hydrogen (secondary N) is 1. The number of carbonyl (C=O) groups is 1. The van der Waals surface area contributed by atoms with Crippen LogP contribution in [-0.4, -0.2) is 87.5 Å². The molecule has 0 spiro atoms. The topological polar surface area (TPSA) is 149 Å². The van der Waals surface area contributed by atoms with Gasteiger partial charge >= 0.3 is 0 Å². The van der Waals surface area contributed by atoms with Gasteiger partial charge in [0.2, 0.25) is 5.91 Å². The molecule has 1 saturated heterocycles. The van der Waals surface area contributed by atoms with Crippen LogP contribution in [0.15, 0.2) is 109 Å². The van der Waals surface area contributed by atoms with Crippen molar-refractivity contribution in [2.24, 2.45) is 0 Å². The van der Waals surface area contributed by atoms with Crippen LogP contribution in [0.2, 0.25) is 0 Å². The van der Waals surface area contributed by atoms with Gasteiger partial charge in [0.25, 0.3) is 0 Å². The van der Waals surface area contributed by atoms with Crippen molar-refractivity contribution in [3.05, 3.63) is 109 Å². The van der Waals surface area contributed by atoms with E-state index in [1.807, 2.05) is 6.08 Å². The normalized spacial score (nSPS) is 18.5. The third-order valence-electron chi connectivity index (χ3n) is 17.3. The van der Waals surface area contributed by atoms with E-state index in [1.54, 1.807) is 6.08 Å². The molecule has 89 heavy (non-hydrogen) atoms. The lowest BCUT2D eigenvalue weighted by atomic mass is 9.99. The Balaban J connectivity index is 2.11. The van der Waals surface area contributed by atoms with Crippen LogP contribution < -0.4 is 5.32 Å². The third kappa shape index (κ3) is 56.1. The summed E-state index contributed by atoms with van der Waals surface area (Å²) in [4.78, 5) is 13.2. The summed E-state index contributed by atoms with van der Waals surface area (Å²) in [5.74, 6) is -0.185. The fourth-order valence-corrected chi connectivity index (χ4v) is 11.5. The van der Waals surface area contributed by atoms with E-state index in [0.29, 0.717) is 6.42 Å². The molecule has 0 aromatic heterocycles. The lowest BCUT2D eigenvalue weighted by Gasteiger charge is -2.40. The molecule has 0 aromatic carbocycles. The van der Waals surface area contributed by atoms with Gasteiger partial charge in [-0.05, 0) is 89.9 Å². The zero-order chi connectivity index (χ0) is 64.2. The van der Waals surface area contributed by atoms with E-state index in [-0.39, 0.29) is 12.5 Å². The van der Waals surface area contributed by atoms with Crippen molar-refractivity contribution in [1.82, 2.24) is 5.32 Å². The number of ether oxygens (including phenoxy) is 2. The molecule has 7 unspecified atom stereocenters. The summed E-state index contributed by atoms with van der Waals surface area (Å²) >= 11 is 0. The number of carbonyl (C=O) groups excluding carboxylic acids is 1. The summed E-state index contributed by atoms with van der Waals surface area (Å²) in [7, 11) is 0. The Morgan fingerprint density at radius 2 is 0.708 bits per heavy atom. The summed E-state index contributed by atoms with van der Waals surface area (Å²) in [5.41, 5.74) is 0. The number of unbranched alkanes of at least 4 members (excludes halogenated alkanes) is 39. The molecule has 1 rings (SSSR count). The maximum absolute atomic E-state index is 13.2. The van der Waals surface area contributed by atoms with Gasteiger partial charge in [-0.15, -0.1) is 0 Å². The third-order valence-corrected chi connectivity index (χ3v) is 17.3. The minimum Gasteiger partial charge on any atom is -0.394 e. The van der Waals surface area contributed by atoms with Crippen LogP contribution in [0.25, 0.3) is 0 Å². The lowest BCUT2D eigenvalue weighted by Crippen LogP contribution is -2.60. The molecule has 6 N–H and O–H groups in total. The Hall–Kier alpha value is -3.15. The van der Waals surface area contributed by atoms with Crippen LogP contribution in [0.1, 0.15) is 335 Å². The number of hydrogen-bond donors (Lipinski definition) is 6. The molecule has 1 amide bonds. The van der Waals surface area contributed by atoms with Gasteiger partial charge < -0.3 is 40.3 Å². The molecular weight excluding hydrogens is 1100 g/mol. The van der Waals surface area contributed by atoms with Crippen molar-refractivity contribution in [3.8, 4) is 0 Å². The summed E-state index contributed by atoms with van der Waals surface area (Å²) in [6.07, 6.45) is 93.5. The summed E-state index contributed by atoms with van der Waals surface area (Å²) < 4.78 is 11.3. The molecule has 0 bridgehead atoms. The van der Waals surface area contributed by atoms with Crippen LogP contribution in [0.3, 0.4) is 0 Å². The van der Waals surface area contributed by atoms with Gasteiger partial charge in [-0.1, -0.05) is 348 Å². The first kappa shape index (κ1) is 83.9. The van der Waals surface area contributed by atoms with Crippen LogP contribution in [-0.2, 0) is 14.3 Å². The molecule has 0 aromatic rings. The first-order chi connectivity index (χ1) is 43.8. The second-order valence-corrected chi connectivity index (χ2v) is 25.7. The van der Waals surface area contributed by atoms with E-state index in [2.05, 4.69) is 116 Å². The van der Waals surface area contributed by atoms with Gasteiger partial charge in [-0.25, -0.2) is 0 Å². The molecule has 7 atom stereocenters. The number of hydrogen-bond acceptors (Lipinski definition) is 8. The van der Waals surface area contributed by atoms with E-state index in [9.17, 15) is 30.3 Å². The maximum Gasteiger partial charge on any atom is 0.220 e. The van der Waals surface area contributed by atoms with E-state index in [4.69, 9.17) is 9.47 Å². The van der Waals surface area contributed by atoms with Crippen LogP contribution >= 0.6 is 0 Å². The minimum absolute atomic E-state index is 0.185. The number of allylic oxidation sites excluding steroid dienone is 17. The fourth-order valence-electron chi connectivity index (χ4n) is 11.5. The maximum atomic E-state index is 13.2. The van der Waals surface area contributed by atoms with E-state index >= 15 is 0 Å². The second-order valence-electron chi connectivity index (χ2n) is 25.7. The van der Waals surface area contributed by atoms with Crippen molar-refractivity contribution in [3.63, 3.8) is 0 Å². The standard InChI is InChI=1S/C80H141NO8/c1-3-5-7-9-11-13-15-17-19-21-23-25-27-29-31-32-33-34-35-36-37-38-39-40-41-42-44-46-48-50-52-54-56-58-60-62-64-66-68-70-76(84)81-73(72-88-80-79(87)78(86)77(85)75(71-82)89-80)74(83)69-67-65-63-61-59-57-55-53-51-49-47-45-43-30-28-26-24-22-20-18-16-14-12-10-8-6-4-2/h5,7,11,13,17,19,23,25,29,31,33-34,36-37,59,61,67,69,73-75,77-80,82-83,85-87H,3-4,6,8-10,12,14-16,18,20-22,24,26-28,30,32,35,38-58,60,62-66,68,70-72H2,1-2H3,(H,81,84)/b7-5-,13-11-,19-17-,25-23-,31-29-,34-33-,37-36-,61-59+,69-67+. The molecule has 1 aliphatic rings. The summed E-state index contributed by atoms with van der Waals surface area (Å²) in [6.45, 7) is 3.68. The Kier molecular flexibility index (Phi) is 63.8. The van der Waals surface area contributed by atoms with Crippen molar-refractivity contribution >= 4 is 5.91 Å². The SMILES string of the molecule is CC/C=C\C/C=C\C/C=C\C/C=C\C/C=C\C/C=C\C/C=C\CCCCCCCCCCCCCCCCCCCC(=O)NC(COC1OC(CO)C(O)C(O)C1O)C(O)/C=C/CC/C=C/CCCCCCCCCCCCCCCCCCCCCCC. The highest BCUT2D eigenvalue weighted by Gasteiger charge is 2.44. The molecule has 0 aliphatic carbocycles. The molecule has 9 nitrogen and oxygen atoms in total. The molecule has 0 radical (unpaired) electrons. The Bertz CT molecular complexity index is 1780. The number of amides is 1. The zero-order valence-electron chi connectivity index (χ0n) is 57.7. The van der Waals surface area contributed by atoms with Crippen LogP contribution in [0, 0.1) is 0 Å². The van der Waals surface area contributed by atoms with Crippen molar-refractivity contribution < 1.29 is 39.8 Å². The van der Waals surface area contributed by atoms with Gasteiger partial charge in [0, 0.05) is 6.42 Å². The average molecular weight is 1250 g/mol. The largest absolute Gasteiger partial charge is 0.394 e. The first-order valence-corrected chi connectivity index (χ1v) is 37.6. The van der Waals surface area contributed by atoms with Crippen LogP contribution in [0.4, 0.5) is 0 Å². The molecule has 1 aliphatic heterocycles. The van der Waals surface area contributed by atoms with Gasteiger partial charge in [0.15, 0.2) is 6.29 Å². The zero-order valence-corrected chi connectivity index (χ0v) is 57.7. The highest BCUT2D eigenvalue weighted by Crippen LogP contribution is 2.23. The predicted octanol–water partition coefficient (Wildman–Crippen LogP) is 21.2. The summed E-state index contributed by atoms with van der Waals surface area (Å²) in [5, 5.41) is 54.8. The predicted molar refractivity (Wildman–Crippen MR) is 382 cm³/mol. The Morgan fingerprint density at radius 3 is 1.08 bits per heavy atom. The highest BCUT2D eigenvalue weighted by molar-refractivity contribution is 5.76. The molecular formula is C80H141NO8. The average Bonchev–Trinajstić information content (AvgIpc) is 2.42. The fraction of sp³-hybridized carbons (Fsp3) is 0.762. The second kappa shape index (κ2) is 67.7. The van der Waals surface area contributed by atoms with E-state index in [0.717, 1.165) is 83.5 Å². The van der Waals surface area contributed by atoms with Crippen molar-refractivity contribution in [2.75, 3.05) is 13.2 Å². The van der Waals surface area contributed by atoms with Crippen LogP contribution in [0.5, 0.6) is 0 Å². The van der Waals surface area contributed by atoms with Gasteiger partial charge in [0.1, 0.15) is 24.4 Å². The van der Waals surface area contributed by atoms with Gasteiger partial charge in [0.05, 0.1) is 25.4 Å². The first-order valence-electron chi connectivity index (χ1n) is 37.6. The molecule has 1 heterocycles. The smallest absolute Gasteiger partial charge is 0.220 e. The van der Waals surface area contributed by atoms with Gasteiger partial charge in [-0.2, -0.15) is 0 Å². The van der Waals surface area contributed by atoms with E-state index < -0.39 is 49.5 Å². The Morgan fingerprint density at radius 1 is 0.393 bits per heavy atom. The van der Waals surface area contributed by atoms with Gasteiger partial charge in [-0.3, -0.25) is 4.79 Å². The highest BCUT2D eigenvalue weighted by atomic mass is 16.7. The molecule has 0 saturated carbocycles. The molecule has 514 valence electrons. The number of aliphatic hydroxyl groups is 5. The van der Waals surface area contributed by atoms with E-state index in [1.165, 1.54) is 231 Å². The summed E-state index contributed by atoms with van der Waals surface area (Å²) in [6, 6.07) is -0.828.